The molecule has 0 aromatic carbocycles. The van der Waals surface area contributed by atoms with Gasteiger partial charge in [0.2, 0.25) is 0 Å². The molecule has 0 saturated heterocycles. The van der Waals surface area contributed by atoms with E-state index in [0.717, 1.165) is 12.8 Å². The third-order valence-corrected chi connectivity index (χ3v) is 4.26. The van der Waals surface area contributed by atoms with E-state index in [1.807, 2.05) is 0 Å². The molecule has 2 rings (SSSR count). The first-order valence-electron chi connectivity index (χ1n) is 5.49. The van der Waals surface area contributed by atoms with E-state index in [1.165, 1.54) is 19.3 Å². The van der Waals surface area contributed by atoms with Crippen molar-refractivity contribution in [3.05, 3.63) is 0 Å². The molecule has 2 fully saturated rings. The number of hydrogen-bond donors (Lipinski definition) is 2. The van der Waals surface area contributed by atoms with Crippen LogP contribution in [0.1, 0.15) is 45.4 Å². The molecule has 0 spiro atoms. The van der Waals surface area contributed by atoms with Gasteiger partial charge < -0.3 is 10.2 Å². The summed E-state index contributed by atoms with van der Waals surface area (Å²) < 4.78 is 0. The number of aliphatic hydroxyl groups is 2. The van der Waals surface area contributed by atoms with Crippen LogP contribution in [0.3, 0.4) is 0 Å². The Morgan fingerprint density at radius 3 is 2.69 bits per heavy atom. The molecule has 0 aromatic rings. The molecule has 2 N–H and O–H groups in total. The first kappa shape index (κ1) is 9.47. The molecule has 0 unspecified atom stereocenters. The predicted octanol–water partition coefficient (Wildman–Crippen LogP) is 1.70. The monoisotopic (exact) mass is 184 g/mol. The maximum Gasteiger partial charge on any atom is 0.0621 e. The molecule has 0 bridgehead atoms. The van der Waals surface area contributed by atoms with Gasteiger partial charge in [-0.2, -0.15) is 0 Å². The highest BCUT2D eigenvalue weighted by Gasteiger charge is 2.46. The lowest BCUT2D eigenvalue weighted by Crippen LogP contribution is -2.48. The standard InChI is InChI=1S/C11H20O2/c1-11-5-3-2-4-8(11)6-9(12)7-10(11)13/h8-10,12-13H,2-7H2,1H3/t8-,9-,10-,11-/m0/s1. The van der Waals surface area contributed by atoms with Crippen molar-refractivity contribution in [2.75, 3.05) is 0 Å². The van der Waals surface area contributed by atoms with Crippen molar-refractivity contribution in [1.29, 1.82) is 0 Å². The Hall–Kier alpha value is -0.0800. The van der Waals surface area contributed by atoms with Crippen LogP contribution in [-0.2, 0) is 0 Å². The summed E-state index contributed by atoms with van der Waals surface area (Å²) in [5, 5.41) is 19.5. The minimum absolute atomic E-state index is 0.109. The van der Waals surface area contributed by atoms with Crippen molar-refractivity contribution in [3.63, 3.8) is 0 Å². The minimum Gasteiger partial charge on any atom is -0.393 e. The fraction of sp³-hybridized carbons (Fsp3) is 1.00. The van der Waals surface area contributed by atoms with Crippen LogP contribution in [0.4, 0.5) is 0 Å². The van der Waals surface area contributed by atoms with Crippen LogP contribution in [0.15, 0.2) is 0 Å². The van der Waals surface area contributed by atoms with Crippen molar-refractivity contribution in [3.8, 4) is 0 Å². The Balaban J connectivity index is 2.15. The minimum atomic E-state index is -0.276. The van der Waals surface area contributed by atoms with Gasteiger partial charge in [-0.1, -0.05) is 19.8 Å². The number of aliphatic hydroxyl groups excluding tert-OH is 2. The molecule has 2 aliphatic carbocycles. The normalized spacial score (nSPS) is 51.5. The summed E-state index contributed by atoms with van der Waals surface area (Å²) in [7, 11) is 0. The fourth-order valence-electron chi connectivity index (χ4n) is 3.21. The Labute approximate surface area is 80.0 Å². The van der Waals surface area contributed by atoms with Crippen LogP contribution in [0.2, 0.25) is 0 Å². The average Bonchev–Trinajstić information content (AvgIpc) is 2.07. The van der Waals surface area contributed by atoms with Gasteiger partial charge in [-0.15, -0.1) is 0 Å². The topological polar surface area (TPSA) is 40.5 Å². The second-order valence-electron chi connectivity index (χ2n) is 5.09. The molecule has 13 heavy (non-hydrogen) atoms. The van der Waals surface area contributed by atoms with Gasteiger partial charge >= 0.3 is 0 Å². The molecular weight excluding hydrogens is 164 g/mol. The molecule has 2 nitrogen and oxygen atoms in total. The van der Waals surface area contributed by atoms with Crippen LogP contribution in [0.25, 0.3) is 0 Å². The third kappa shape index (κ3) is 1.50. The quantitative estimate of drug-likeness (QED) is 0.601. The second kappa shape index (κ2) is 3.25. The van der Waals surface area contributed by atoms with E-state index < -0.39 is 0 Å². The zero-order chi connectivity index (χ0) is 9.47. The average molecular weight is 184 g/mol. The second-order valence-corrected chi connectivity index (χ2v) is 5.09. The van der Waals surface area contributed by atoms with E-state index >= 15 is 0 Å². The fourth-order valence-corrected chi connectivity index (χ4v) is 3.21. The van der Waals surface area contributed by atoms with Crippen molar-refractivity contribution in [2.45, 2.75) is 57.7 Å². The SMILES string of the molecule is C[C@]12CCCC[C@H]1C[C@H](O)C[C@@H]2O. The lowest BCUT2D eigenvalue weighted by molar-refractivity contribution is -0.105. The summed E-state index contributed by atoms with van der Waals surface area (Å²) in [4.78, 5) is 0. The Bertz CT molecular complexity index is 193. The molecule has 0 amide bonds. The molecule has 2 aliphatic rings. The van der Waals surface area contributed by atoms with Gasteiger partial charge in [-0.3, -0.25) is 0 Å². The highest BCUT2D eigenvalue weighted by Crippen LogP contribution is 2.50. The van der Waals surface area contributed by atoms with E-state index in [1.54, 1.807) is 0 Å². The van der Waals surface area contributed by atoms with E-state index in [-0.39, 0.29) is 17.6 Å². The largest absolute Gasteiger partial charge is 0.393 e. The molecular formula is C11H20O2. The Morgan fingerprint density at radius 1 is 1.15 bits per heavy atom. The molecule has 2 heteroatoms. The summed E-state index contributed by atoms with van der Waals surface area (Å²) in [6.07, 6.45) is 5.84. The lowest BCUT2D eigenvalue weighted by Gasteiger charge is -2.49. The summed E-state index contributed by atoms with van der Waals surface area (Å²) in [5.74, 6) is 0.556. The van der Waals surface area contributed by atoms with Crippen LogP contribution in [0, 0.1) is 11.3 Å². The maximum atomic E-state index is 9.97. The van der Waals surface area contributed by atoms with Crippen molar-refractivity contribution in [2.24, 2.45) is 11.3 Å². The van der Waals surface area contributed by atoms with Crippen LogP contribution >= 0.6 is 0 Å². The molecule has 4 atom stereocenters. The van der Waals surface area contributed by atoms with Gasteiger partial charge in [-0.05, 0) is 37.0 Å². The first-order valence-corrected chi connectivity index (χ1v) is 5.49. The van der Waals surface area contributed by atoms with Crippen LogP contribution in [0.5, 0.6) is 0 Å². The molecule has 76 valence electrons. The summed E-state index contributed by atoms with van der Waals surface area (Å²) >= 11 is 0. The van der Waals surface area contributed by atoms with Gasteiger partial charge in [0.05, 0.1) is 12.2 Å². The summed E-state index contributed by atoms with van der Waals surface area (Å²) in [6, 6.07) is 0. The van der Waals surface area contributed by atoms with E-state index in [9.17, 15) is 10.2 Å². The lowest BCUT2D eigenvalue weighted by atomic mass is 9.58. The molecule has 2 saturated carbocycles. The predicted molar refractivity (Wildman–Crippen MR) is 51.3 cm³/mol. The van der Waals surface area contributed by atoms with E-state index in [0.29, 0.717) is 12.3 Å². The molecule has 0 radical (unpaired) electrons. The van der Waals surface area contributed by atoms with Crippen molar-refractivity contribution < 1.29 is 10.2 Å². The Morgan fingerprint density at radius 2 is 1.92 bits per heavy atom. The Kier molecular flexibility index (Phi) is 2.37. The van der Waals surface area contributed by atoms with Gasteiger partial charge in [0.15, 0.2) is 0 Å². The van der Waals surface area contributed by atoms with E-state index in [4.69, 9.17) is 0 Å². The highest BCUT2D eigenvalue weighted by molar-refractivity contribution is 4.97. The number of hydrogen-bond acceptors (Lipinski definition) is 2. The van der Waals surface area contributed by atoms with E-state index in [2.05, 4.69) is 6.92 Å². The van der Waals surface area contributed by atoms with Crippen LogP contribution < -0.4 is 0 Å². The van der Waals surface area contributed by atoms with Crippen molar-refractivity contribution in [1.82, 2.24) is 0 Å². The zero-order valence-electron chi connectivity index (χ0n) is 8.37. The van der Waals surface area contributed by atoms with Crippen LogP contribution in [-0.4, -0.2) is 22.4 Å². The number of fused-ring (bicyclic) bond motifs is 1. The summed E-state index contributed by atoms with van der Waals surface area (Å²) in [6.45, 7) is 2.20. The van der Waals surface area contributed by atoms with Gasteiger partial charge in [0.25, 0.3) is 0 Å². The summed E-state index contributed by atoms with van der Waals surface area (Å²) in [5.41, 5.74) is 0.109. The van der Waals surface area contributed by atoms with Gasteiger partial charge in [-0.25, -0.2) is 0 Å². The van der Waals surface area contributed by atoms with Crippen molar-refractivity contribution >= 4 is 0 Å². The highest BCUT2D eigenvalue weighted by atomic mass is 16.3. The zero-order valence-corrected chi connectivity index (χ0v) is 8.37. The maximum absolute atomic E-state index is 9.97. The molecule has 0 heterocycles. The molecule has 0 aromatic heterocycles. The van der Waals surface area contributed by atoms with Gasteiger partial charge in [0, 0.05) is 0 Å². The first-order chi connectivity index (χ1) is 6.13. The van der Waals surface area contributed by atoms with Gasteiger partial charge in [0.1, 0.15) is 0 Å². The third-order valence-electron chi connectivity index (χ3n) is 4.26. The molecule has 0 aliphatic heterocycles. The number of rotatable bonds is 0. The smallest absolute Gasteiger partial charge is 0.0621 e.